The topological polar surface area (TPSA) is 166 Å². The van der Waals surface area contributed by atoms with Crippen molar-refractivity contribution in [1.82, 2.24) is 20.9 Å². The van der Waals surface area contributed by atoms with Crippen LogP contribution in [0.4, 0.5) is 0 Å². The molecule has 3 amide bonds. The smallest absolute Gasteiger partial charge is 0.326 e. The predicted octanol–water partition coefficient (Wildman–Crippen LogP) is 1.64. The van der Waals surface area contributed by atoms with E-state index in [1.54, 1.807) is 20.0 Å². The maximum atomic E-state index is 13.2. The van der Waals surface area contributed by atoms with Crippen molar-refractivity contribution in [3.05, 3.63) is 36.0 Å². The molecule has 2 aromatic rings. The van der Waals surface area contributed by atoms with Crippen LogP contribution in [0, 0.1) is 11.8 Å². The maximum Gasteiger partial charge on any atom is 0.326 e. The number of carbonyl (C=O) groups is 4. The predicted molar refractivity (Wildman–Crippen MR) is 146 cm³/mol. The number of nitrogens with two attached hydrogens (primary N) is 1. The number of aromatic nitrogens is 1. The molecule has 37 heavy (non-hydrogen) atoms. The van der Waals surface area contributed by atoms with Crippen LogP contribution in [0.5, 0.6) is 0 Å². The summed E-state index contributed by atoms with van der Waals surface area (Å²) in [5, 5.41) is 18.7. The molecule has 1 heterocycles. The molecule has 4 atom stereocenters. The van der Waals surface area contributed by atoms with Crippen LogP contribution in [-0.2, 0) is 25.6 Å². The van der Waals surface area contributed by atoms with Crippen molar-refractivity contribution in [2.75, 3.05) is 12.0 Å². The monoisotopic (exact) mass is 533 g/mol. The molecular formula is C26H39N5O5S. The molecule has 0 aliphatic rings. The van der Waals surface area contributed by atoms with E-state index in [4.69, 9.17) is 5.73 Å². The SMILES string of the molecule is CSCCC(NC(=O)C(N)C(C)C)C(=O)NC(C(=O)NC(Cc1c[nH]c2ccccc12)C(=O)O)C(C)C. The number of benzene rings is 1. The van der Waals surface area contributed by atoms with Crippen LogP contribution in [0.15, 0.2) is 30.5 Å². The number of carbonyl (C=O) groups excluding carboxylic acids is 3. The first-order valence-electron chi connectivity index (χ1n) is 12.4. The minimum atomic E-state index is -1.19. The number of thioether (sulfide) groups is 1. The summed E-state index contributed by atoms with van der Waals surface area (Å²) in [6, 6.07) is 3.67. The minimum Gasteiger partial charge on any atom is -0.480 e. The number of nitrogens with one attached hydrogen (secondary N) is 4. The summed E-state index contributed by atoms with van der Waals surface area (Å²) in [6.07, 6.45) is 4.05. The average molecular weight is 534 g/mol. The summed E-state index contributed by atoms with van der Waals surface area (Å²) in [6.45, 7) is 7.14. The standard InChI is InChI=1S/C26H39N5O5S/c1-14(2)21(27)24(33)29-19(10-11-37-5)23(32)31-22(15(3)4)25(34)30-20(26(35)36)12-16-13-28-18-9-7-6-8-17(16)18/h6-9,13-15,19-22,28H,10-12,27H2,1-5H3,(H,29,33)(H,30,34)(H,31,32)(H,35,36). The summed E-state index contributed by atoms with van der Waals surface area (Å²) in [5.41, 5.74) is 7.57. The van der Waals surface area contributed by atoms with E-state index in [1.165, 1.54) is 11.8 Å². The molecule has 0 saturated carbocycles. The molecule has 0 fully saturated rings. The van der Waals surface area contributed by atoms with Gasteiger partial charge in [0.05, 0.1) is 6.04 Å². The molecule has 0 saturated heterocycles. The third-order valence-corrected chi connectivity index (χ3v) is 6.87. The largest absolute Gasteiger partial charge is 0.480 e. The van der Waals surface area contributed by atoms with Crippen molar-refractivity contribution in [3.8, 4) is 0 Å². The Morgan fingerprint density at radius 3 is 2.19 bits per heavy atom. The van der Waals surface area contributed by atoms with E-state index >= 15 is 0 Å². The van der Waals surface area contributed by atoms with Gasteiger partial charge in [0.2, 0.25) is 17.7 Å². The summed E-state index contributed by atoms with van der Waals surface area (Å²) >= 11 is 1.52. The molecule has 1 aromatic carbocycles. The Labute approximate surface area is 221 Å². The van der Waals surface area contributed by atoms with Crippen LogP contribution in [0.2, 0.25) is 0 Å². The zero-order valence-electron chi connectivity index (χ0n) is 22.0. The summed E-state index contributed by atoms with van der Waals surface area (Å²) in [5.74, 6) is -2.57. The Kier molecular flexibility index (Phi) is 11.4. The normalized spacial score (nSPS) is 14.7. The molecule has 0 aliphatic heterocycles. The molecule has 7 N–H and O–H groups in total. The zero-order chi connectivity index (χ0) is 27.7. The highest BCUT2D eigenvalue weighted by atomic mass is 32.2. The van der Waals surface area contributed by atoms with Crippen molar-refractivity contribution in [3.63, 3.8) is 0 Å². The fourth-order valence-corrected chi connectivity index (χ4v) is 4.32. The third-order valence-electron chi connectivity index (χ3n) is 6.23. The lowest BCUT2D eigenvalue weighted by Crippen LogP contribution is -2.59. The molecule has 204 valence electrons. The summed E-state index contributed by atoms with van der Waals surface area (Å²) < 4.78 is 0. The van der Waals surface area contributed by atoms with E-state index in [9.17, 15) is 24.3 Å². The van der Waals surface area contributed by atoms with Gasteiger partial charge in [-0.1, -0.05) is 45.9 Å². The number of aliphatic carboxylic acids is 1. The van der Waals surface area contributed by atoms with Gasteiger partial charge >= 0.3 is 5.97 Å². The lowest BCUT2D eigenvalue weighted by atomic mass is 10.00. The first-order valence-corrected chi connectivity index (χ1v) is 13.8. The second kappa shape index (κ2) is 14.0. The fourth-order valence-electron chi connectivity index (χ4n) is 3.85. The van der Waals surface area contributed by atoms with Crippen LogP contribution < -0.4 is 21.7 Å². The third kappa shape index (κ3) is 8.50. The zero-order valence-corrected chi connectivity index (χ0v) is 22.9. The highest BCUT2D eigenvalue weighted by Crippen LogP contribution is 2.19. The molecular weight excluding hydrogens is 494 g/mol. The van der Waals surface area contributed by atoms with Gasteiger partial charge in [-0.3, -0.25) is 14.4 Å². The number of carboxylic acid groups (broad SMARTS) is 1. The average Bonchev–Trinajstić information content (AvgIpc) is 3.26. The molecule has 0 spiro atoms. The fraction of sp³-hybridized carbons (Fsp3) is 0.538. The number of H-pyrrole nitrogens is 1. The molecule has 4 unspecified atom stereocenters. The number of amides is 3. The second-order valence-electron chi connectivity index (χ2n) is 9.81. The number of rotatable bonds is 14. The Bertz CT molecular complexity index is 1090. The Morgan fingerprint density at radius 1 is 0.946 bits per heavy atom. The van der Waals surface area contributed by atoms with Crippen molar-refractivity contribution in [1.29, 1.82) is 0 Å². The van der Waals surface area contributed by atoms with Crippen LogP contribution in [0.1, 0.15) is 39.7 Å². The van der Waals surface area contributed by atoms with Crippen molar-refractivity contribution in [2.45, 2.75) is 64.7 Å². The van der Waals surface area contributed by atoms with E-state index in [0.717, 1.165) is 16.5 Å². The van der Waals surface area contributed by atoms with Crippen LogP contribution in [0.25, 0.3) is 10.9 Å². The van der Waals surface area contributed by atoms with E-state index in [2.05, 4.69) is 20.9 Å². The number of hydrogen-bond acceptors (Lipinski definition) is 6. The van der Waals surface area contributed by atoms with Gasteiger partial charge in [0.15, 0.2) is 0 Å². The lowest BCUT2D eigenvalue weighted by molar-refractivity contribution is -0.142. The van der Waals surface area contributed by atoms with E-state index < -0.39 is 47.9 Å². The van der Waals surface area contributed by atoms with Crippen molar-refractivity contribution < 1.29 is 24.3 Å². The van der Waals surface area contributed by atoms with Gasteiger partial charge in [-0.05, 0) is 41.9 Å². The molecule has 2 rings (SSSR count). The van der Waals surface area contributed by atoms with Gasteiger partial charge < -0.3 is 31.8 Å². The minimum absolute atomic E-state index is 0.0728. The molecule has 10 nitrogen and oxygen atoms in total. The summed E-state index contributed by atoms with van der Waals surface area (Å²) in [7, 11) is 0. The number of hydrogen-bond donors (Lipinski definition) is 6. The van der Waals surface area contributed by atoms with E-state index in [0.29, 0.717) is 12.2 Å². The Hall–Kier alpha value is -3.05. The van der Waals surface area contributed by atoms with Gasteiger partial charge in [0, 0.05) is 23.5 Å². The molecule has 0 radical (unpaired) electrons. The highest BCUT2D eigenvalue weighted by Gasteiger charge is 2.32. The van der Waals surface area contributed by atoms with Crippen LogP contribution >= 0.6 is 11.8 Å². The molecule has 11 heteroatoms. The van der Waals surface area contributed by atoms with Crippen LogP contribution in [0.3, 0.4) is 0 Å². The highest BCUT2D eigenvalue weighted by molar-refractivity contribution is 7.98. The lowest BCUT2D eigenvalue weighted by Gasteiger charge is -2.27. The van der Waals surface area contributed by atoms with Gasteiger partial charge in [-0.25, -0.2) is 4.79 Å². The van der Waals surface area contributed by atoms with Crippen LogP contribution in [-0.4, -0.2) is 70.0 Å². The number of para-hydroxylation sites is 1. The molecule has 1 aromatic heterocycles. The Morgan fingerprint density at radius 2 is 1.59 bits per heavy atom. The number of fused-ring (bicyclic) bond motifs is 1. The maximum absolute atomic E-state index is 13.2. The molecule has 0 bridgehead atoms. The van der Waals surface area contributed by atoms with Gasteiger partial charge in [-0.15, -0.1) is 0 Å². The number of carboxylic acids is 1. The van der Waals surface area contributed by atoms with Crippen molar-refractivity contribution in [2.24, 2.45) is 17.6 Å². The second-order valence-corrected chi connectivity index (χ2v) is 10.8. The first kappa shape index (κ1) is 30.2. The Balaban J connectivity index is 2.15. The number of aromatic amines is 1. The molecule has 0 aliphatic carbocycles. The first-order chi connectivity index (χ1) is 17.5. The van der Waals surface area contributed by atoms with Crippen molar-refractivity contribution >= 4 is 46.4 Å². The van der Waals surface area contributed by atoms with Gasteiger partial charge in [-0.2, -0.15) is 11.8 Å². The van der Waals surface area contributed by atoms with Gasteiger partial charge in [0.1, 0.15) is 18.1 Å². The summed E-state index contributed by atoms with van der Waals surface area (Å²) in [4.78, 5) is 53.9. The van der Waals surface area contributed by atoms with E-state index in [1.807, 2.05) is 44.4 Å². The van der Waals surface area contributed by atoms with Gasteiger partial charge in [0.25, 0.3) is 0 Å². The quantitative estimate of drug-likeness (QED) is 0.215. The van der Waals surface area contributed by atoms with E-state index in [-0.39, 0.29) is 18.3 Å².